The number of carbonyl (C=O) groups excluding carboxylic acids is 1. The fourth-order valence-electron chi connectivity index (χ4n) is 2.22. The second kappa shape index (κ2) is 9.09. The minimum atomic E-state index is -1.26. The van der Waals surface area contributed by atoms with E-state index in [9.17, 15) is 14.3 Å². The Morgan fingerprint density at radius 2 is 1.81 bits per heavy atom. The Labute approximate surface area is 176 Å². The van der Waals surface area contributed by atoms with Crippen molar-refractivity contribution in [1.29, 1.82) is 0 Å². The van der Waals surface area contributed by atoms with Crippen LogP contribution >= 0.6 is 11.6 Å². The third kappa shape index (κ3) is 5.02. The van der Waals surface area contributed by atoms with Crippen LogP contribution in [0.15, 0.2) is 54.6 Å². The first-order chi connectivity index (χ1) is 12.0. The number of halogens is 2. The van der Waals surface area contributed by atoms with Gasteiger partial charge in [0.05, 0.1) is 23.2 Å². The molecule has 8 heteroatoms. The van der Waals surface area contributed by atoms with Crippen LogP contribution in [-0.4, -0.2) is 22.5 Å². The van der Waals surface area contributed by atoms with Gasteiger partial charge in [0, 0.05) is 17.2 Å². The number of rotatable bonds is 5. The van der Waals surface area contributed by atoms with Gasteiger partial charge in [-0.15, -0.1) is 0 Å². The molecule has 26 heavy (non-hydrogen) atoms. The zero-order valence-electron chi connectivity index (χ0n) is 13.9. The second-order valence-electron chi connectivity index (χ2n) is 5.18. The van der Waals surface area contributed by atoms with Gasteiger partial charge in [-0.3, -0.25) is 0 Å². The number of carboxylic acids is 1. The molecule has 1 heterocycles. The molecule has 3 rings (SSSR count). The van der Waals surface area contributed by atoms with E-state index < -0.39 is 18.3 Å². The van der Waals surface area contributed by atoms with Crippen molar-refractivity contribution < 1.29 is 43.8 Å². The summed E-state index contributed by atoms with van der Waals surface area (Å²) in [4.78, 5) is 19.4. The molecule has 0 aliphatic carbocycles. The second-order valence-corrected chi connectivity index (χ2v) is 5.59. The summed E-state index contributed by atoms with van der Waals surface area (Å²) in [7, 11) is 0. The number of aromatic nitrogens is 2. The van der Waals surface area contributed by atoms with Crippen molar-refractivity contribution in [2.75, 3.05) is 11.9 Å². The molecule has 0 saturated carbocycles. The number of nitrogens with one attached hydrogen (secondary N) is 1. The van der Waals surface area contributed by atoms with E-state index >= 15 is 0 Å². The van der Waals surface area contributed by atoms with Gasteiger partial charge in [0.2, 0.25) is 0 Å². The first-order valence-electron chi connectivity index (χ1n) is 7.36. The molecule has 5 nitrogen and oxygen atoms in total. The van der Waals surface area contributed by atoms with Gasteiger partial charge < -0.3 is 15.2 Å². The smallest absolute Gasteiger partial charge is 0.548 e. The van der Waals surface area contributed by atoms with E-state index in [0.717, 1.165) is 5.56 Å². The Bertz CT molecular complexity index is 926. The number of aliphatic carboxylic acids is 1. The minimum Gasteiger partial charge on any atom is -0.548 e. The number of nitrogens with zero attached hydrogens (tertiary/aromatic N) is 2. The van der Waals surface area contributed by atoms with Crippen molar-refractivity contribution in [1.82, 2.24) is 9.97 Å². The molecule has 0 spiro atoms. The maximum absolute atomic E-state index is 13.8. The largest absolute Gasteiger partial charge is 1.00 e. The van der Waals surface area contributed by atoms with E-state index in [0.29, 0.717) is 22.9 Å². The summed E-state index contributed by atoms with van der Waals surface area (Å²) < 4.78 is 13.8. The molecule has 0 fully saturated rings. The van der Waals surface area contributed by atoms with Crippen molar-refractivity contribution in [3.63, 3.8) is 0 Å². The monoisotopic (exact) mass is 379 g/mol. The zero-order chi connectivity index (χ0) is 17.8. The van der Waals surface area contributed by atoms with Crippen LogP contribution < -0.4 is 40.0 Å². The summed E-state index contributed by atoms with van der Waals surface area (Å²) in [6, 6.07) is 15.0. The quantitative estimate of drug-likeness (QED) is 0.620. The molecule has 0 atom stereocenters. The summed E-state index contributed by atoms with van der Waals surface area (Å²) >= 11 is 5.72. The first-order valence-corrected chi connectivity index (χ1v) is 7.74. The Morgan fingerprint density at radius 1 is 1.08 bits per heavy atom. The van der Waals surface area contributed by atoms with Crippen molar-refractivity contribution >= 4 is 23.4 Å². The van der Waals surface area contributed by atoms with Crippen molar-refractivity contribution in [3.05, 3.63) is 65.4 Å². The van der Waals surface area contributed by atoms with Gasteiger partial charge in [-0.1, -0.05) is 48.0 Å². The first kappa shape index (κ1) is 20.3. The number of hydrogen-bond acceptors (Lipinski definition) is 5. The van der Waals surface area contributed by atoms with Crippen LogP contribution in [0.1, 0.15) is 0 Å². The van der Waals surface area contributed by atoms with Crippen LogP contribution in [0.4, 0.5) is 10.2 Å². The predicted octanol–water partition coefficient (Wildman–Crippen LogP) is -0.231. The molecule has 126 valence electrons. The summed E-state index contributed by atoms with van der Waals surface area (Å²) in [5.74, 6) is -1.15. The Hall–Kier alpha value is -1.99. The molecule has 1 N–H and O–H groups in total. The number of carboxylic acid groups (broad SMARTS) is 1. The summed E-state index contributed by atoms with van der Waals surface area (Å²) in [5.41, 5.74) is 1.68. The molecular formula is C18H12ClFN3NaO2. The van der Waals surface area contributed by atoms with Crippen LogP contribution in [0.2, 0.25) is 5.02 Å². The van der Waals surface area contributed by atoms with E-state index in [-0.39, 0.29) is 34.6 Å². The number of carbonyl (C=O) groups is 1. The Kier molecular flexibility index (Phi) is 7.11. The van der Waals surface area contributed by atoms with Gasteiger partial charge in [0.15, 0.2) is 5.82 Å². The number of hydrogen-bond donors (Lipinski definition) is 1. The van der Waals surface area contributed by atoms with Gasteiger partial charge in [-0.05, 0) is 12.1 Å². The van der Waals surface area contributed by atoms with Crippen molar-refractivity contribution in [3.8, 4) is 22.6 Å². The van der Waals surface area contributed by atoms with Crippen LogP contribution in [0.3, 0.4) is 0 Å². The van der Waals surface area contributed by atoms with Crippen LogP contribution in [-0.2, 0) is 4.79 Å². The number of benzene rings is 2. The van der Waals surface area contributed by atoms with Crippen LogP contribution in [0, 0.1) is 5.82 Å². The zero-order valence-corrected chi connectivity index (χ0v) is 16.6. The SMILES string of the molecule is O=C([O-])CNc1cc(-c2ccc(Cl)c(F)c2)nc(-c2ccccc2)n1.[Na+]. The minimum absolute atomic E-state index is 0. The molecule has 0 amide bonds. The summed E-state index contributed by atoms with van der Waals surface area (Å²) in [6.07, 6.45) is 0. The van der Waals surface area contributed by atoms with Gasteiger partial charge in [0.1, 0.15) is 11.6 Å². The third-order valence-electron chi connectivity index (χ3n) is 3.39. The fraction of sp³-hybridized carbons (Fsp3) is 0.0556. The average molecular weight is 380 g/mol. The molecule has 3 aromatic rings. The van der Waals surface area contributed by atoms with Gasteiger partial charge in [-0.25, -0.2) is 14.4 Å². The molecule has 0 saturated heterocycles. The Balaban J connectivity index is 0.00000243. The summed E-state index contributed by atoms with van der Waals surface area (Å²) in [6.45, 7) is -0.403. The molecule has 0 bridgehead atoms. The fourth-order valence-corrected chi connectivity index (χ4v) is 2.34. The normalized spacial score (nSPS) is 10.1. The Morgan fingerprint density at radius 3 is 2.46 bits per heavy atom. The maximum Gasteiger partial charge on any atom is 1.00 e. The standard InChI is InChI=1S/C18H13ClFN3O2.Na/c19-13-7-6-12(8-14(13)20)15-9-16(21-10-17(24)25)23-18(22-15)11-4-2-1-3-5-11;/h1-9H,10H2,(H,24,25)(H,21,22,23);/q;+1/p-1. The molecule has 0 unspecified atom stereocenters. The summed E-state index contributed by atoms with van der Waals surface area (Å²) in [5, 5.41) is 13.4. The van der Waals surface area contributed by atoms with E-state index in [2.05, 4.69) is 15.3 Å². The number of anilines is 1. The molecule has 0 radical (unpaired) electrons. The molecule has 2 aromatic carbocycles. The van der Waals surface area contributed by atoms with Gasteiger partial charge in [-0.2, -0.15) is 0 Å². The van der Waals surface area contributed by atoms with Crippen molar-refractivity contribution in [2.45, 2.75) is 0 Å². The molecule has 0 aliphatic heterocycles. The van der Waals surface area contributed by atoms with Gasteiger partial charge in [0.25, 0.3) is 0 Å². The van der Waals surface area contributed by atoms with Crippen LogP contribution in [0.5, 0.6) is 0 Å². The van der Waals surface area contributed by atoms with E-state index in [1.807, 2.05) is 30.3 Å². The molecular weight excluding hydrogens is 368 g/mol. The van der Waals surface area contributed by atoms with E-state index in [1.54, 1.807) is 6.07 Å². The van der Waals surface area contributed by atoms with Crippen LogP contribution in [0.25, 0.3) is 22.6 Å². The van der Waals surface area contributed by atoms with E-state index in [1.165, 1.54) is 18.2 Å². The average Bonchev–Trinajstić information content (AvgIpc) is 2.63. The molecule has 0 aliphatic rings. The third-order valence-corrected chi connectivity index (χ3v) is 3.69. The molecule has 1 aromatic heterocycles. The van der Waals surface area contributed by atoms with Crippen molar-refractivity contribution in [2.24, 2.45) is 0 Å². The topological polar surface area (TPSA) is 77.9 Å². The maximum atomic E-state index is 13.8. The predicted molar refractivity (Wildman–Crippen MR) is 91.4 cm³/mol. The van der Waals surface area contributed by atoms with Gasteiger partial charge >= 0.3 is 29.6 Å². The van der Waals surface area contributed by atoms with E-state index in [4.69, 9.17) is 11.6 Å².